The number of halogens is 3. The predicted octanol–water partition coefficient (Wildman–Crippen LogP) is 3.59. The first-order valence-corrected chi connectivity index (χ1v) is 5.52. The quantitative estimate of drug-likeness (QED) is 0.659. The second-order valence-corrected chi connectivity index (χ2v) is 4.07. The van der Waals surface area contributed by atoms with Gasteiger partial charge >= 0.3 is 0 Å². The molecule has 1 aromatic rings. The number of thiol groups is 1. The highest BCUT2D eigenvalue weighted by atomic mass is 79.9. The monoisotopic (exact) mass is 294 g/mol. The summed E-state index contributed by atoms with van der Waals surface area (Å²) in [7, 11) is 0. The molecule has 0 radical (unpaired) electrons. The first-order valence-electron chi connectivity index (χ1n) is 4.09. The van der Waals surface area contributed by atoms with Crippen LogP contribution in [0.4, 0.5) is 8.78 Å². The van der Waals surface area contributed by atoms with E-state index < -0.39 is 11.6 Å². The molecule has 0 saturated heterocycles. The fraction of sp³-hybridized carbons (Fsp3) is 0.200. The van der Waals surface area contributed by atoms with Crippen LogP contribution >= 0.6 is 28.6 Å². The van der Waals surface area contributed by atoms with Crippen LogP contribution in [0.5, 0.6) is 5.75 Å². The summed E-state index contributed by atoms with van der Waals surface area (Å²) in [6.07, 6.45) is 0. The van der Waals surface area contributed by atoms with Crippen molar-refractivity contribution in [2.75, 3.05) is 12.4 Å². The minimum absolute atomic E-state index is 0.0145. The molecule has 0 unspecified atom stereocenters. The van der Waals surface area contributed by atoms with Gasteiger partial charge in [0.2, 0.25) is 0 Å². The van der Waals surface area contributed by atoms with Crippen LogP contribution in [0.25, 0.3) is 0 Å². The van der Waals surface area contributed by atoms with Crippen LogP contribution in [-0.2, 0) is 0 Å². The maximum Gasteiger partial charge on any atom is 0.169 e. The van der Waals surface area contributed by atoms with E-state index in [0.717, 1.165) is 12.1 Å². The average Bonchev–Trinajstić information content (AvgIpc) is 2.15. The van der Waals surface area contributed by atoms with Gasteiger partial charge in [0, 0.05) is 11.8 Å². The lowest BCUT2D eigenvalue weighted by atomic mass is 10.3. The highest BCUT2D eigenvalue weighted by Gasteiger charge is 2.10. The molecular weight excluding hydrogens is 286 g/mol. The molecule has 0 fully saturated rings. The van der Waals surface area contributed by atoms with Crippen LogP contribution in [-0.4, -0.2) is 12.4 Å². The van der Waals surface area contributed by atoms with Crippen molar-refractivity contribution in [2.24, 2.45) is 0 Å². The molecule has 0 amide bonds. The van der Waals surface area contributed by atoms with Crippen molar-refractivity contribution in [3.8, 4) is 5.75 Å². The van der Waals surface area contributed by atoms with Crippen LogP contribution < -0.4 is 4.74 Å². The summed E-state index contributed by atoms with van der Waals surface area (Å²) < 4.78 is 31.3. The normalized spacial score (nSPS) is 10.1. The Morgan fingerprint density at radius 3 is 2.67 bits per heavy atom. The molecule has 0 atom stereocenters. The molecule has 15 heavy (non-hydrogen) atoms. The molecule has 1 rings (SSSR count). The molecule has 0 aromatic heterocycles. The van der Waals surface area contributed by atoms with E-state index in [1.165, 1.54) is 0 Å². The Hall–Kier alpha value is -0.550. The molecule has 1 nitrogen and oxygen atoms in total. The van der Waals surface area contributed by atoms with Crippen LogP contribution in [0.2, 0.25) is 0 Å². The number of ether oxygens (including phenoxy) is 1. The third-order valence-electron chi connectivity index (χ3n) is 1.61. The molecule has 0 N–H and O–H groups in total. The van der Waals surface area contributed by atoms with Crippen LogP contribution in [0.3, 0.4) is 0 Å². The number of hydrogen-bond acceptors (Lipinski definition) is 2. The van der Waals surface area contributed by atoms with Crippen molar-refractivity contribution in [1.29, 1.82) is 0 Å². The van der Waals surface area contributed by atoms with Gasteiger partial charge in [-0.15, -0.1) is 0 Å². The first-order chi connectivity index (χ1) is 7.04. The Kier molecular flexibility index (Phi) is 4.60. The van der Waals surface area contributed by atoms with E-state index in [9.17, 15) is 8.78 Å². The van der Waals surface area contributed by atoms with E-state index in [1.807, 2.05) is 0 Å². The molecule has 0 aliphatic heterocycles. The summed E-state index contributed by atoms with van der Waals surface area (Å²) in [5.74, 6) is -0.951. The second-order valence-electron chi connectivity index (χ2n) is 2.90. The average molecular weight is 295 g/mol. The zero-order valence-corrected chi connectivity index (χ0v) is 10.2. The Morgan fingerprint density at radius 2 is 2.13 bits per heavy atom. The number of hydrogen-bond donors (Lipinski definition) is 1. The van der Waals surface area contributed by atoms with E-state index >= 15 is 0 Å². The van der Waals surface area contributed by atoms with Crippen molar-refractivity contribution in [2.45, 2.75) is 0 Å². The molecule has 0 bridgehead atoms. The molecular formula is C10H9BrF2OS. The molecule has 0 spiro atoms. The third-order valence-corrected chi connectivity index (χ3v) is 2.64. The largest absolute Gasteiger partial charge is 0.485 e. The SMILES string of the molecule is C=C(CS)COc1c(F)cc(F)cc1Br. The van der Waals surface area contributed by atoms with E-state index in [-0.39, 0.29) is 16.8 Å². The standard InChI is InChI=1S/C10H9BrF2OS/c1-6(5-15)4-14-10-8(11)2-7(12)3-9(10)13/h2-3,15H,1,4-5H2. The van der Waals surface area contributed by atoms with E-state index in [0.29, 0.717) is 11.3 Å². The zero-order valence-electron chi connectivity index (χ0n) is 7.77. The van der Waals surface area contributed by atoms with Gasteiger partial charge in [0.15, 0.2) is 11.6 Å². The van der Waals surface area contributed by atoms with Gasteiger partial charge in [-0.1, -0.05) is 6.58 Å². The minimum atomic E-state index is -0.742. The Bertz CT molecular complexity index is 359. The van der Waals surface area contributed by atoms with Crippen molar-refractivity contribution >= 4 is 28.6 Å². The fourth-order valence-corrected chi connectivity index (χ4v) is 1.50. The first kappa shape index (κ1) is 12.5. The lowest BCUT2D eigenvalue weighted by Gasteiger charge is -2.09. The number of rotatable bonds is 4. The third kappa shape index (κ3) is 3.50. The lowest BCUT2D eigenvalue weighted by molar-refractivity contribution is 0.329. The molecule has 5 heteroatoms. The van der Waals surface area contributed by atoms with E-state index in [4.69, 9.17) is 4.74 Å². The summed E-state index contributed by atoms with van der Waals surface area (Å²) in [5.41, 5.74) is 0.717. The summed E-state index contributed by atoms with van der Waals surface area (Å²) in [6, 6.07) is 1.91. The second kappa shape index (κ2) is 5.51. The summed E-state index contributed by atoms with van der Waals surface area (Å²) in [5, 5.41) is 0. The Labute approximate surface area is 101 Å². The topological polar surface area (TPSA) is 9.23 Å². The van der Waals surface area contributed by atoms with Crippen LogP contribution in [0.15, 0.2) is 28.8 Å². The molecule has 1 aromatic carbocycles. The molecule has 0 aliphatic carbocycles. The maximum absolute atomic E-state index is 13.2. The van der Waals surface area contributed by atoms with Gasteiger partial charge in [0.25, 0.3) is 0 Å². The van der Waals surface area contributed by atoms with E-state index in [2.05, 4.69) is 35.1 Å². The highest BCUT2D eigenvalue weighted by molar-refractivity contribution is 9.10. The van der Waals surface area contributed by atoms with Crippen molar-refractivity contribution < 1.29 is 13.5 Å². The summed E-state index contributed by atoms with van der Waals surface area (Å²) >= 11 is 7.00. The van der Waals surface area contributed by atoms with Gasteiger partial charge in [-0.25, -0.2) is 8.78 Å². The van der Waals surface area contributed by atoms with E-state index in [1.54, 1.807) is 0 Å². The predicted molar refractivity (Wildman–Crippen MR) is 62.5 cm³/mol. The van der Waals surface area contributed by atoms with Crippen molar-refractivity contribution in [1.82, 2.24) is 0 Å². The molecule has 0 saturated carbocycles. The zero-order chi connectivity index (χ0) is 11.4. The fourth-order valence-electron chi connectivity index (χ4n) is 0.887. The van der Waals surface area contributed by atoms with Gasteiger partial charge < -0.3 is 4.74 Å². The van der Waals surface area contributed by atoms with Gasteiger partial charge in [-0.3, -0.25) is 0 Å². The number of benzene rings is 1. The highest BCUT2D eigenvalue weighted by Crippen LogP contribution is 2.29. The van der Waals surface area contributed by atoms with Crippen molar-refractivity contribution in [3.05, 3.63) is 40.4 Å². The molecule has 0 heterocycles. The van der Waals surface area contributed by atoms with Gasteiger partial charge in [-0.05, 0) is 27.6 Å². The Balaban J connectivity index is 2.81. The maximum atomic E-state index is 13.2. The molecule has 0 aliphatic rings. The van der Waals surface area contributed by atoms with Crippen molar-refractivity contribution in [3.63, 3.8) is 0 Å². The Morgan fingerprint density at radius 1 is 1.47 bits per heavy atom. The van der Waals surface area contributed by atoms with Gasteiger partial charge in [0.05, 0.1) is 4.47 Å². The van der Waals surface area contributed by atoms with Gasteiger partial charge in [-0.2, -0.15) is 12.6 Å². The summed E-state index contributed by atoms with van der Waals surface area (Å²) in [4.78, 5) is 0. The molecule has 82 valence electrons. The lowest BCUT2D eigenvalue weighted by Crippen LogP contribution is -2.03. The minimum Gasteiger partial charge on any atom is -0.485 e. The van der Waals surface area contributed by atoms with Crippen LogP contribution in [0, 0.1) is 11.6 Å². The van der Waals surface area contributed by atoms with Crippen LogP contribution in [0.1, 0.15) is 0 Å². The smallest absolute Gasteiger partial charge is 0.169 e. The summed E-state index contributed by atoms with van der Waals surface area (Å²) in [6.45, 7) is 3.81. The van der Waals surface area contributed by atoms with Gasteiger partial charge in [0.1, 0.15) is 12.4 Å².